The molecule has 0 saturated heterocycles. The van der Waals surface area contributed by atoms with E-state index in [-0.39, 0.29) is 0 Å². The van der Waals surface area contributed by atoms with Gasteiger partial charge in [-0.05, 0) is 99.1 Å². The van der Waals surface area contributed by atoms with Gasteiger partial charge in [-0.25, -0.2) is 0 Å². The van der Waals surface area contributed by atoms with Gasteiger partial charge in [-0.1, -0.05) is 146 Å². The predicted octanol–water partition coefficient (Wildman–Crippen LogP) is 15.0. The maximum Gasteiger partial charge on any atom is 0.135 e. The van der Waals surface area contributed by atoms with Crippen LogP contribution in [0.1, 0.15) is 22.3 Å². The van der Waals surface area contributed by atoms with Crippen LogP contribution in [0, 0.1) is 0 Å². The number of anilines is 3. The third-order valence-electron chi connectivity index (χ3n) is 12.7. The van der Waals surface area contributed by atoms with Crippen LogP contribution in [0.15, 0.2) is 209 Å². The van der Waals surface area contributed by atoms with Crippen LogP contribution in [0.4, 0.5) is 17.1 Å². The molecular weight excluding hydrogens is 707 g/mol. The highest BCUT2D eigenvalue weighted by molar-refractivity contribution is 6.11. The molecule has 0 radical (unpaired) electrons. The maximum absolute atomic E-state index is 6.63. The molecule has 1 spiro atoms. The zero-order chi connectivity index (χ0) is 38.0. The second-order valence-electron chi connectivity index (χ2n) is 15.5. The SMILES string of the molecule is c1ccc(-c2ccccc2N(c2ccc3oc4ccccc4c3c2)c2cccc3c2-c2ccccc2C32c3ccccc3-c3cc4c(cc32)oc2ccccc24)cc1. The Morgan fingerprint density at radius 2 is 0.897 bits per heavy atom. The molecule has 11 aromatic rings. The van der Waals surface area contributed by atoms with Crippen molar-refractivity contribution >= 4 is 60.9 Å². The smallest absolute Gasteiger partial charge is 0.135 e. The molecule has 0 amide bonds. The van der Waals surface area contributed by atoms with Gasteiger partial charge in [-0.15, -0.1) is 0 Å². The summed E-state index contributed by atoms with van der Waals surface area (Å²) in [6, 6.07) is 72.6. The van der Waals surface area contributed by atoms with Crippen LogP contribution in [0.2, 0.25) is 0 Å². The molecule has 13 rings (SSSR count). The molecule has 3 heteroatoms. The Kier molecular flexibility index (Phi) is 6.37. The lowest BCUT2D eigenvalue weighted by molar-refractivity contribution is 0.666. The first-order valence-electron chi connectivity index (χ1n) is 19.9. The van der Waals surface area contributed by atoms with Gasteiger partial charge in [0, 0.05) is 38.4 Å². The molecule has 0 saturated carbocycles. The predicted molar refractivity (Wildman–Crippen MR) is 237 cm³/mol. The fraction of sp³-hybridized carbons (Fsp3) is 0.0182. The molecule has 1 unspecified atom stereocenters. The van der Waals surface area contributed by atoms with Gasteiger partial charge in [0.1, 0.15) is 22.3 Å². The lowest BCUT2D eigenvalue weighted by Gasteiger charge is -2.32. The summed E-state index contributed by atoms with van der Waals surface area (Å²) in [4.78, 5) is 2.47. The van der Waals surface area contributed by atoms with Crippen LogP contribution in [0.25, 0.3) is 77.3 Å². The minimum Gasteiger partial charge on any atom is -0.456 e. The number of rotatable bonds is 4. The Balaban J connectivity index is 1.14. The summed E-state index contributed by atoms with van der Waals surface area (Å²) < 4.78 is 13.0. The highest BCUT2D eigenvalue weighted by Gasteiger charge is 2.53. The van der Waals surface area contributed by atoms with E-state index in [0.29, 0.717) is 0 Å². The lowest BCUT2D eigenvalue weighted by Crippen LogP contribution is -2.26. The molecule has 0 N–H and O–H groups in total. The molecule has 270 valence electrons. The molecule has 9 aromatic carbocycles. The minimum atomic E-state index is -0.559. The largest absolute Gasteiger partial charge is 0.456 e. The van der Waals surface area contributed by atoms with Gasteiger partial charge in [0.05, 0.1) is 16.8 Å². The molecular formula is C55H33NO2. The molecule has 0 bridgehead atoms. The van der Waals surface area contributed by atoms with Crippen molar-refractivity contribution in [2.45, 2.75) is 5.41 Å². The number of hydrogen-bond acceptors (Lipinski definition) is 3. The Bertz CT molecular complexity index is 3480. The first-order valence-corrected chi connectivity index (χ1v) is 19.9. The zero-order valence-corrected chi connectivity index (χ0v) is 31.3. The van der Waals surface area contributed by atoms with Crippen molar-refractivity contribution in [1.82, 2.24) is 0 Å². The van der Waals surface area contributed by atoms with E-state index in [4.69, 9.17) is 8.83 Å². The van der Waals surface area contributed by atoms with Gasteiger partial charge in [0.25, 0.3) is 0 Å². The van der Waals surface area contributed by atoms with E-state index in [1.54, 1.807) is 0 Å². The van der Waals surface area contributed by atoms with E-state index in [1.165, 1.54) is 44.5 Å². The average Bonchev–Trinajstić information content (AvgIpc) is 4.01. The first kappa shape index (κ1) is 31.6. The summed E-state index contributed by atoms with van der Waals surface area (Å²) >= 11 is 0. The Morgan fingerprint density at radius 1 is 0.328 bits per heavy atom. The van der Waals surface area contributed by atoms with E-state index in [2.05, 4.69) is 193 Å². The van der Waals surface area contributed by atoms with Gasteiger partial charge in [-0.2, -0.15) is 0 Å². The first-order chi connectivity index (χ1) is 28.8. The molecule has 1 atom stereocenters. The minimum absolute atomic E-state index is 0.559. The summed E-state index contributed by atoms with van der Waals surface area (Å²) in [5, 5.41) is 4.48. The van der Waals surface area contributed by atoms with E-state index < -0.39 is 5.41 Å². The number of fused-ring (bicyclic) bond motifs is 16. The normalized spacial score (nSPS) is 15.0. The second-order valence-corrected chi connectivity index (χ2v) is 15.5. The van der Waals surface area contributed by atoms with E-state index in [9.17, 15) is 0 Å². The van der Waals surface area contributed by atoms with Crippen LogP contribution >= 0.6 is 0 Å². The number of nitrogens with zero attached hydrogens (tertiary/aromatic N) is 1. The van der Waals surface area contributed by atoms with Gasteiger partial charge in [0.15, 0.2) is 0 Å². The van der Waals surface area contributed by atoms with Crippen molar-refractivity contribution in [3.8, 4) is 33.4 Å². The van der Waals surface area contributed by atoms with E-state index in [1.807, 2.05) is 12.1 Å². The van der Waals surface area contributed by atoms with Gasteiger partial charge < -0.3 is 13.7 Å². The lowest BCUT2D eigenvalue weighted by atomic mass is 9.70. The second kappa shape index (κ2) is 11.7. The summed E-state index contributed by atoms with van der Waals surface area (Å²) in [6.45, 7) is 0. The van der Waals surface area contributed by atoms with Crippen molar-refractivity contribution in [3.63, 3.8) is 0 Å². The molecule has 2 aliphatic rings. The zero-order valence-electron chi connectivity index (χ0n) is 31.3. The van der Waals surface area contributed by atoms with Gasteiger partial charge >= 0.3 is 0 Å². The monoisotopic (exact) mass is 739 g/mol. The summed E-state index contributed by atoms with van der Waals surface area (Å²) in [7, 11) is 0. The van der Waals surface area contributed by atoms with E-state index in [0.717, 1.165) is 72.1 Å². The highest BCUT2D eigenvalue weighted by Crippen LogP contribution is 2.65. The van der Waals surface area contributed by atoms with Crippen molar-refractivity contribution in [2.75, 3.05) is 4.90 Å². The third kappa shape index (κ3) is 4.12. The Hall–Kier alpha value is -7.62. The quantitative estimate of drug-likeness (QED) is 0.180. The van der Waals surface area contributed by atoms with Crippen LogP contribution < -0.4 is 4.90 Å². The van der Waals surface area contributed by atoms with Crippen molar-refractivity contribution in [3.05, 3.63) is 222 Å². The van der Waals surface area contributed by atoms with Crippen molar-refractivity contribution in [2.24, 2.45) is 0 Å². The van der Waals surface area contributed by atoms with Gasteiger partial charge in [0.2, 0.25) is 0 Å². The number of hydrogen-bond donors (Lipinski definition) is 0. The molecule has 3 nitrogen and oxygen atoms in total. The summed E-state index contributed by atoms with van der Waals surface area (Å²) in [5.74, 6) is 0. The summed E-state index contributed by atoms with van der Waals surface area (Å²) in [5.41, 5.74) is 18.7. The van der Waals surface area contributed by atoms with Gasteiger partial charge in [-0.3, -0.25) is 0 Å². The number of benzene rings is 9. The molecule has 2 aromatic heterocycles. The Morgan fingerprint density at radius 3 is 1.69 bits per heavy atom. The average molecular weight is 740 g/mol. The fourth-order valence-corrected chi connectivity index (χ4v) is 10.4. The third-order valence-corrected chi connectivity index (χ3v) is 12.7. The molecule has 0 aliphatic heterocycles. The topological polar surface area (TPSA) is 29.5 Å². The van der Waals surface area contributed by atoms with Crippen molar-refractivity contribution in [1.29, 1.82) is 0 Å². The van der Waals surface area contributed by atoms with Crippen molar-refractivity contribution < 1.29 is 8.83 Å². The summed E-state index contributed by atoms with van der Waals surface area (Å²) in [6.07, 6.45) is 0. The molecule has 58 heavy (non-hydrogen) atoms. The maximum atomic E-state index is 6.63. The molecule has 0 fully saturated rings. The van der Waals surface area contributed by atoms with Crippen LogP contribution in [-0.2, 0) is 5.41 Å². The molecule has 2 heterocycles. The molecule has 2 aliphatic carbocycles. The Labute approximate surface area is 334 Å². The number of furan rings is 2. The van der Waals surface area contributed by atoms with Crippen LogP contribution in [-0.4, -0.2) is 0 Å². The van der Waals surface area contributed by atoms with Crippen LogP contribution in [0.3, 0.4) is 0 Å². The van der Waals surface area contributed by atoms with Crippen LogP contribution in [0.5, 0.6) is 0 Å². The standard InChI is InChI=1S/C55H33NO2/c1-2-15-34(16-3-1)36-17-6-11-25-48(36)56(35-29-30-52-42(31-35)38-19-7-12-27-50(38)57-52)49-26-14-24-46-54(49)40-21-5-10-23-45(40)55(46)44-22-9-4-18-37(44)41-32-43-39-20-8-13-28-51(39)58-53(43)33-47(41)55/h1-33H. The fourth-order valence-electron chi connectivity index (χ4n) is 10.4. The van der Waals surface area contributed by atoms with E-state index >= 15 is 0 Å². The highest BCUT2D eigenvalue weighted by atomic mass is 16.3. The number of para-hydroxylation sites is 3.